The zero-order chi connectivity index (χ0) is 17.1. The molecule has 0 aliphatic heterocycles. The van der Waals surface area contributed by atoms with Crippen molar-refractivity contribution in [3.63, 3.8) is 0 Å². The maximum absolute atomic E-state index is 5.50. The van der Waals surface area contributed by atoms with Crippen LogP contribution in [-0.2, 0) is 7.05 Å². The molecule has 2 aromatic heterocycles. The average Bonchev–Trinajstić information content (AvgIpc) is 3.21. The molecule has 3 rings (SSSR count). The Labute approximate surface area is 140 Å². The van der Waals surface area contributed by atoms with Gasteiger partial charge >= 0.3 is 6.01 Å². The molecule has 1 N–H and O–H groups in total. The van der Waals surface area contributed by atoms with E-state index < -0.39 is 0 Å². The Balaban J connectivity index is 2.01. The van der Waals surface area contributed by atoms with Crippen molar-refractivity contribution >= 4 is 6.01 Å². The van der Waals surface area contributed by atoms with Crippen LogP contribution in [0.25, 0.3) is 0 Å². The molecule has 7 nitrogen and oxygen atoms in total. The van der Waals surface area contributed by atoms with Crippen LogP contribution in [0.5, 0.6) is 5.75 Å². The molecule has 0 radical (unpaired) electrons. The molecular weight excluding hydrogens is 306 g/mol. The average molecular weight is 327 g/mol. The molecule has 0 fully saturated rings. The molecule has 1 atom stereocenters. The van der Waals surface area contributed by atoms with Gasteiger partial charge in [0.15, 0.2) is 5.82 Å². The molecule has 3 aromatic rings. The molecule has 24 heavy (non-hydrogen) atoms. The van der Waals surface area contributed by atoms with Gasteiger partial charge < -0.3 is 19.1 Å². The molecule has 7 heteroatoms. The van der Waals surface area contributed by atoms with E-state index in [9.17, 15) is 0 Å². The quantitative estimate of drug-likeness (QED) is 0.749. The van der Waals surface area contributed by atoms with Gasteiger partial charge in [0.2, 0.25) is 0 Å². The normalized spacial score (nSPS) is 12.4. The van der Waals surface area contributed by atoms with Crippen LogP contribution in [0.4, 0.5) is 6.01 Å². The number of methoxy groups -OCH3 is 1. The first-order valence-electron chi connectivity index (χ1n) is 7.80. The second kappa shape index (κ2) is 6.74. The van der Waals surface area contributed by atoms with Gasteiger partial charge in [-0.2, -0.15) is 4.98 Å². The van der Waals surface area contributed by atoms with E-state index >= 15 is 0 Å². The maximum atomic E-state index is 5.50. The monoisotopic (exact) mass is 327 g/mol. The van der Waals surface area contributed by atoms with Gasteiger partial charge in [0, 0.05) is 30.9 Å². The van der Waals surface area contributed by atoms with Crippen molar-refractivity contribution in [1.29, 1.82) is 0 Å². The number of nitrogens with one attached hydrogen (secondary N) is 1. The number of rotatable bonds is 6. The second-order valence-electron chi connectivity index (χ2n) is 5.83. The molecule has 0 spiro atoms. The Morgan fingerprint density at radius 2 is 2.04 bits per heavy atom. The Kier molecular flexibility index (Phi) is 4.50. The molecule has 2 heterocycles. The molecule has 1 aromatic carbocycles. The summed E-state index contributed by atoms with van der Waals surface area (Å²) in [5, 5.41) is 7.29. The third-order valence-electron chi connectivity index (χ3n) is 3.79. The van der Waals surface area contributed by atoms with Gasteiger partial charge in [-0.15, -0.1) is 0 Å². The summed E-state index contributed by atoms with van der Waals surface area (Å²) in [5.41, 5.74) is 0.943. The number of imidazole rings is 1. The lowest BCUT2D eigenvalue weighted by atomic mass is 10.0. The summed E-state index contributed by atoms with van der Waals surface area (Å²) < 4.78 is 12.8. The number of nitrogens with zero attached hydrogens (tertiary/aromatic N) is 4. The summed E-state index contributed by atoms with van der Waals surface area (Å²) in [6, 6.07) is 7.88. The minimum atomic E-state index is -0.276. The van der Waals surface area contributed by atoms with E-state index in [0.717, 1.165) is 17.1 Å². The molecule has 0 amide bonds. The highest BCUT2D eigenvalue weighted by molar-refractivity contribution is 5.43. The van der Waals surface area contributed by atoms with Gasteiger partial charge in [-0.1, -0.05) is 37.2 Å². The van der Waals surface area contributed by atoms with E-state index in [0.29, 0.717) is 11.8 Å². The van der Waals surface area contributed by atoms with Gasteiger partial charge in [0.1, 0.15) is 17.6 Å². The van der Waals surface area contributed by atoms with E-state index in [1.807, 2.05) is 55.9 Å². The third kappa shape index (κ3) is 3.10. The van der Waals surface area contributed by atoms with E-state index in [4.69, 9.17) is 9.26 Å². The standard InChI is InChI=1S/C17H21N5O2/c1-11(2)15-20-17(24-21-15)19-14(16-18-9-10-22(16)3)12-7-5-6-8-13(12)23-4/h5-11,14H,1-4H3,(H,19,20,21). The number of aryl methyl sites for hydroxylation is 1. The zero-order valence-corrected chi connectivity index (χ0v) is 14.2. The highest BCUT2D eigenvalue weighted by Gasteiger charge is 2.24. The number of anilines is 1. The largest absolute Gasteiger partial charge is 0.496 e. The van der Waals surface area contributed by atoms with Gasteiger partial charge in [0.05, 0.1) is 7.11 Å². The number of ether oxygens (including phenoxy) is 1. The minimum Gasteiger partial charge on any atom is -0.496 e. The van der Waals surface area contributed by atoms with Crippen LogP contribution in [0.15, 0.2) is 41.2 Å². The lowest BCUT2D eigenvalue weighted by Crippen LogP contribution is -2.17. The summed E-state index contributed by atoms with van der Waals surface area (Å²) >= 11 is 0. The first-order valence-corrected chi connectivity index (χ1v) is 7.80. The number of benzene rings is 1. The zero-order valence-electron chi connectivity index (χ0n) is 14.2. The summed E-state index contributed by atoms with van der Waals surface area (Å²) in [6.07, 6.45) is 3.65. The van der Waals surface area contributed by atoms with Crippen LogP contribution in [0.2, 0.25) is 0 Å². The molecule has 126 valence electrons. The second-order valence-corrected chi connectivity index (χ2v) is 5.83. The SMILES string of the molecule is COc1ccccc1C(Nc1nc(C(C)C)no1)c1nccn1C. The Bertz CT molecular complexity index is 809. The first-order chi connectivity index (χ1) is 11.6. The Morgan fingerprint density at radius 1 is 1.25 bits per heavy atom. The highest BCUT2D eigenvalue weighted by atomic mass is 16.5. The fourth-order valence-corrected chi connectivity index (χ4v) is 2.49. The molecule has 1 unspecified atom stereocenters. The smallest absolute Gasteiger partial charge is 0.322 e. The molecule has 0 saturated carbocycles. The van der Waals surface area contributed by atoms with Gasteiger partial charge in [0.25, 0.3) is 0 Å². The van der Waals surface area contributed by atoms with Crippen LogP contribution in [0.3, 0.4) is 0 Å². The van der Waals surface area contributed by atoms with Crippen LogP contribution in [0, 0.1) is 0 Å². The number of para-hydroxylation sites is 1. The summed E-state index contributed by atoms with van der Waals surface area (Å²) in [5.74, 6) is 2.45. The van der Waals surface area contributed by atoms with Gasteiger partial charge in [-0.3, -0.25) is 0 Å². The van der Waals surface area contributed by atoms with Gasteiger partial charge in [-0.05, 0) is 6.07 Å². The van der Waals surface area contributed by atoms with Crippen molar-refractivity contribution < 1.29 is 9.26 Å². The molecule has 0 aliphatic rings. The highest BCUT2D eigenvalue weighted by Crippen LogP contribution is 2.31. The first kappa shape index (κ1) is 16.0. The van der Waals surface area contributed by atoms with Crippen molar-refractivity contribution in [2.24, 2.45) is 7.05 Å². The number of aromatic nitrogens is 4. The van der Waals surface area contributed by atoms with Crippen molar-refractivity contribution in [1.82, 2.24) is 19.7 Å². The van der Waals surface area contributed by atoms with Crippen LogP contribution in [-0.4, -0.2) is 26.8 Å². The third-order valence-corrected chi connectivity index (χ3v) is 3.79. The number of hydrogen-bond donors (Lipinski definition) is 1. The van der Waals surface area contributed by atoms with E-state index in [1.54, 1.807) is 13.3 Å². The Morgan fingerprint density at radius 3 is 2.67 bits per heavy atom. The summed E-state index contributed by atoms with van der Waals surface area (Å²) in [6.45, 7) is 4.04. The lowest BCUT2D eigenvalue weighted by molar-refractivity contribution is 0.403. The van der Waals surface area contributed by atoms with Crippen LogP contribution < -0.4 is 10.1 Å². The van der Waals surface area contributed by atoms with Gasteiger partial charge in [-0.25, -0.2) is 4.98 Å². The van der Waals surface area contributed by atoms with Crippen molar-refractivity contribution in [2.75, 3.05) is 12.4 Å². The minimum absolute atomic E-state index is 0.196. The van der Waals surface area contributed by atoms with E-state index in [2.05, 4.69) is 20.4 Å². The fraction of sp³-hybridized carbons (Fsp3) is 0.353. The van der Waals surface area contributed by atoms with Crippen LogP contribution >= 0.6 is 0 Å². The van der Waals surface area contributed by atoms with Crippen molar-refractivity contribution in [2.45, 2.75) is 25.8 Å². The topological polar surface area (TPSA) is 78.0 Å². The maximum Gasteiger partial charge on any atom is 0.322 e. The molecular formula is C17H21N5O2. The van der Waals surface area contributed by atoms with E-state index in [-0.39, 0.29) is 12.0 Å². The molecule has 0 bridgehead atoms. The van der Waals surface area contributed by atoms with Crippen molar-refractivity contribution in [3.05, 3.63) is 53.9 Å². The Hall–Kier alpha value is -2.83. The lowest BCUT2D eigenvalue weighted by Gasteiger charge is -2.19. The predicted octanol–water partition coefficient (Wildman–Crippen LogP) is 3.14. The number of hydrogen-bond acceptors (Lipinski definition) is 6. The molecule has 0 aliphatic carbocycles. The summed E-state index contributed by atoms with van der Waals surface area (Å²) in [4.78, 5) is 8.86. The van der Waals surface area contributed by atoms with Crippen LogP contribution in [0.1, 0.15) is 43.0 Å². The van der Waals surface area contributed by atoms with E-state index in [1.165, 1.54) is 0 Å². The molecule has 0 saturated heterocycles. The summed E-state index contributed by atoms with van der Waals surface area (Å²) in [7, 11) is 3.59. The fourth-order valence-electron chi connectivity index (χ4n) is 2.49. The van der Waals surface area contributed by atoms with Crippen molar-refractivity contribution in [3.8, 4) is 5.75 Å². The predicted molar refractivity (Wildman–Crippen MR) is 90.1 cm³/mol.